The summed E-state index contributed by atoms with van der Waals surface area (Å²) >= 11 is 0. The zero-order valence-electron chi connectivity index (χ0n) is 17.4. The van der Waals surface area contributed by atoms with E-state index in [2.05, 4.69) is 16.0 Å². The summed E-state index contributed by atoms with van der Waals surface area (Å²) in [5, 5.41) is 9.73. The molecule has 7 nitrogen and oxygen atoms in total. The predicted molar refractivity (Wildman–Crippen MR) is 120 cm³/mol. The van der Waals surface area contributed by atoms with Crippen LogP contribution in [0.25, 0.3) is 22.9 Å². The molecule has 0 spiro atoms. The first kappa shape index (κ1) is 19.8. The molecule has 2 aromatic rings. The average molecular weight is 406 g/mol. The molecule has 0 fully saturated rings. The highest BCUT2D eigenvalue weighted by molar-refractivity contribution is 5.78. The Morgan fingerprint density at radius 2 is 2.03 bits per heavy atom. The molecule has 0 aliphatic carbocycles. The van der Waals surface area contributed by atoms with Crippen molar-refractivity contribution >= 4 is 17.6 Å². The number of methoxy groups -OCH3 is 1. The van der Waals surface area contributed by atoms with E-state index in [9.17, 15) is 4.79 Å². The van der Waals surface area contributed by atoms with Crippen LogP contribution in [0.3, 0.4) is 0 Å². The Kier molecular flexibility index (Phi) is 5.63. The second kappa shape index (κ2) is 8.51. The molecule has 30 heavy (non-hydrogen) atoms. The van der Waals surface area contributed by atoms with Crippen LogP contribution in [0.5, 0.6) is 5.75 Å². The van der Waals surface area contributed by atoms with Crippen LogP contribution in [0.1, 0.15) is 12.5 Å². The van der Waals surface area contributed by atoms with E-state index in [1.54, 1.807) is 11.7 Å². The van der Waals surface area contributed by atoms with E-state index in [1.165, 1.54) is 0 Å². The summed E-state index contributed by atoms with van der Waals surface area (Å²) in [5.74, 6) is 2.39. The number of nitrogens with zero attached hydrogens (tertiary/aromatic N) is 1. The van der Waals surface area contributed by atoms with Crippen molar-refractivity contribution in [2.24, 2.45) is 0 Å². The number of hydrogen-bond acceptors (Lipinski definition) is 6. The van der Waals surface area contributed by atoms with Crippen molar-refractivity contribution in [3.63, 3.8) is 0 Å². The summed E-state index contributed by atoms with van der Waals surface area (Å²) in [6, 6.07) is 9.46. The predicted octanol–water partition coefficient (Wildman–Crippen LogP) is 2.83. The standard InChI is InChI=1S/C23H26N4O3/c1-4-30-21-12-7-16-13-19(15-5-9-18(29-3)10-6-15)23(28)27(22(16)26-21)17-8-11-20(24-2)25-14-17/h5-13,21,24-26H,4,14H2,1-3H3. The molecule has 0 saturated carbocycles. The lowest BCUT2D eigenvalue weighted by Crippen LogP contribution is -2.35. The maximum atomic E-state index is 13.6. The Morgan fingerprint density at radius 1 is 1.23 bits per heavy atom. The maximum absolute atomic E-state index is 13.6. The molecule has 2 aliphatic heterocycles. The molecule has 4 rings (SSSR count). The second-order valence-electron chi connectivity index (χ2n) is 6.95. The highest BCUT2D eigenvalue weighted by Crippen LogP contribution is 2.30. The molecule has 0 radical (unpaired) electrons. The van der Waals surface area contributed by atoms with Crippen molar-refractivity contribution in [1.82, 2.24) is 15.2 Å². The fourth-order valence-corrected chi connectivity index (χ4v) is 3.62. The Bertz CT molecular complexity index is 1080. The first-order valence-corrected chi connectivity index (χ1v) is 9.98. The number of ether oxygens (including phenoxy) is 2. The van der Waals surface area contributed by atoms with Crippen LogP contribution in [0.15, 0.2) is 59.2 Å². The van der Waals surface area contributed by atoms with Gasteiger partial charge in [-0.1, -0.05) is 18.2 Å². The average Bonchev–Trinajstić information content (AvgIpc) is 2.79. The number of rotatable bonds is 6. The molecule has 1 aromatic heterocycles. The highest BCUT2D eigenvalue weighted by Gasteiger charge is 2.23. The van der Waals surface area contributed by atoms with E-state index in [-0.39, 0.29) is 11.8 Å². The van der Waals surface area contributed by atoms with Gasteiger partial charge in [-0.25, -0.2) is 0 Å². The molecular formula is C23H26N4O3. The molecule has 2 aliphatic rings. The number of nitrogens with one attached hydrogen (secondary N) is 3. The van der Waals surface area contributed by atoms with Gasteiger partial charge in [0.1, 0.15) is 17.8 Å². The number of pyridine rings is 1. The molecule has 0 bridgehead atoms. The van der Waals surface area contributed by atoms with Crippen LogP contribution in [0.4, 0.5) is 5.82 Å². The normalized spacial score (nSPS) is 17.2. The number of dihydropyridines is 1. The fraction of sp³-hybridized carbons (Fsp3) is 0.261. The Morgan fingerprint density at radius 3 is 2.67 bits per heavy atom. The van der Waals surface area contributed by atoms with Crippen LogP contribution in [-0.4, -0.2) is 38.1 Å². The maximum Gasteiger partial charge on any atom is 0.264 e. The van der Waals surface area contributed by atoms with Crippen molar-refractivity contribution in [2.45, 2.75) is 13.2 Å². The van der Waals surface area contributed by atoms with Crippen molar-refractivity contribution in [2.75, 3.05) is 32.6 Å². The van der Waals surface area contributed by atoms with Gasteiger partial charge < -0.3 is 25.4 Å². The minimum Gasteiger partial charge on any atom is -0.497 e. The lowest BCUT2D eigenvalue weighted by molar-refractivity contribution is 0.115. The number of allylic oxidation sites excluding steroid dienone is 2. The van der Waals surface area contributed by atoms with Crippen molar-refractivity contribution in [3.8, 4) is 16.9 Å². The van der Waals surface area contributed by atoms with E-state index in [4.69, 9.17) is 9.47 Å². The number of benzene rings is 1. The summed E-state index contributed by atoms with van der Waals surface area (Å²) in [4.78, 5) is 13.6. The molecule has 7 heteroatoms. The molecule has 1 aromatic carbocycles. The monoisotopic (exact) mass is 406 g/mol. The topological polar surface area (TPSA) is 76.5 Å². The van der Waals surface area contributed by atoms with Gasteiger partial charge in [0.15, 0.2) is 0 Å². The smallest absolute Gasteiger partial charge is 0.264 e. The third-order valence-corrected chi connectivity index (χ3v) is 5.17. The lowest BCUT2D eigenvalue weighted by Gasteiger charge is -2.28. The third-order valence-electron chi connectivity index (χ3n) is 5.17. The molecular weight excluding hydrogens is 380 g/mol. The molecule has 156 valence electrons. The van der Waals surface area contributed by atoms with Crippen molar-refractivity contribution < 1.29 is 9.47 Å². The summed E-state index contributed by atoms with van der Waals surface area (Å²) in [6.07, 6.45) is 7.57. The van der Waals surface area contributed by atoms with Crippen LogP contribution in [-0.2, 0) is 4.74 Å². The summed E-state index contributed by atoms with van der Waals surface area (Å²) in [6.45, 7) is 3.04. The first-order valence-electron chi connectivity index (χ1n) is 9.98. The van der Waals surface area contributed by atoms with Gasteiger partial charge in [-0.2, -0.15) is 0 Å². The fourth-order valence-electron chi connectivity index (χ4n) is 3.62. The van der Waals surface area contributed by atoms with E-state index in [1.807, 2.05) is 68.6 Å². The van der Waals surface area contributed by atoms with E-state index >= 15 is 0 Å². The van der Waals surface area contributed by atoms with Gasteiger partial charge in [0.25, 0.3) is 5.56 Å². The first-order chi connectivity index (χ1) is 14.6. The zero-order chi connectivity index (χ0) is 21.1. The highest BCUT2D eigenvalue weighted by atomic mass is 16.5. The van der Waals surface area contributed by atoms with Gasteiger partial charge in [-0.3, -0.25) is 9.36 Å². The zero-order valence-corrected chi connectivity index (χ0v) is 17.4. The SMILES string of the molecule is CCOC1C=Cc2cc(-c3ccc(OC)cc3)c(=O)n(C3=CC=C(NC)NC3)c2N1. The minimum atomic E-state index is -0.277. The van der Waals surface area contributed by atoms with Crippen LogP contribution in [0, 0.1) is 0 Å². The molecule has 0 amide bonds. The van der Waals surface area contributed by atoms with Gasteiger partial charge in [0.05, 0.1) is 19.5 Å². The molecule has 3 N–H and O–H groups in total. The number of hydrogen-bond donors (Lipinski definition) is 3. The third kappa shape index (κ3) is 3.71. The van der Waals surface area contributed by atoms with E-state index in [0.717, 1.165) is 34.2 Å². The second-order valence-corrected chi connectivity index (χ2v) is 6.95. The van der Waals surface area contributed by atoms with Gasteiger partial charge in [-0.05, 0) is 48.9 Å². The number of fused-ring (bicyclic) bond motifs is 1. The Labute approximate surface area is 175 Å². The number of anilines is 1. The van der Waals surface area contributed by atoms with Gasteiger partial charge in [-0.15, -0.1) is 0 Å². The van der Waals surface area contributed by atoms with Gasteiger partial charge >= 0.3 is 0 Å². The van der Waals surface area contributed by atoms with Crippen LogP contribution >= 0.6 is 0 Å². The van der Waals surface area contributed by atoms with Crippen molar-refractivity contribution in [1.29, 1.82) is 0 Å². The van der Waals surface area contributed by atoms with Crippen molar-refractivity contribution in [3.05, 3.63) is 70.3 Å². The van der Waals surface area contributed by atoms with Crippen LogP contribution < -0.4 is 26.2 Å². The molecule has 0 saturated heterocycles. The van der Waals surface area contributed by atoms with Crippen LogP contribution in [0.2, 0.25) is 0 Å². The molecule has 3 heterocycles. The Balaban J connectivity index is 1.88. The molecule has 1 unspecified atom stereocenters. The lowest BCUT2D eigenvalue weighted by atomic mass is 10.0. The van der Waals surface area contributed by atoms with Gasteiger partial charge in [0.2, 0.25) is 0 Å². The summed E-state index contributed by atoms with van der Waals surface area (Å²) < 4.78 is 12.7. The van der Waals surface area contributed by atoms with Gasteiger partial charge in [0, 0.05) is 30.5 Å². The quantitative estimate of drug-likeness (QED) is 0.685. The summed E-state index contributed by atoms with van der Waals surface area (Å²) in [7, 11) is 3.48. The minimum absolute atomic E-state index is 0.0914. The Hall–Kier alpha value is -3.45. The van der Waals surface area contributed by atoms with E-state index < -0.39 is 0 Å². The largest absolute Gasteiger partial charge is 0.497 e. The summed E-state index contributed by atoms with van der Waals surface area (Å²) in [5.41, 5.74) is 3.16. The van der Waals surface area contributed by atoms with E-state index in [0.29, 0.717) is 18.7 Å². The number of aromatic nitrogens is 1. The molecule has 1 atom stereocenters.